The van der Waals surface area contributed by atoms with Gasteiger partial charge < -0.3 is 9.80 Å². The highest BCUT2D eigenvalue weighted by molar-refractivity contribution is 7.19. The molecule has 0 spiro atoms. The zero-order valence-corrected chi connectivity index (χ0v) is 17.9. The quantitative estimate of drug-likeness (QED) is 0.621. The molecule has 2 aromatic heterocycles. The second-order valence-corrected chi connectivity index (χ2v) is 9.39. The van der Waals surface area contributed by atoms with Crippen molar-refractivity contribution in [1.82, 2.24) is 9.97 Å². The van der Waals surface area contributed by atoms with E-state index >= 15 is 0 Å². The van der Waals surface area contributed by atoms with Crippen molar-refractivity contribution in [2.45, 2.75) is 52.5 Å². The highest BCUT2D eigenvalue weighted by Crippen LogP contribution is 2.40. The van der Waals surface area contributed by atoms with E-state index in [-0.39, 0.29) is 0 Å². The van der Waals surface area contributed by atoms with Crippen LogP contribution in [0.2, 0.25) is 0 Å². The van der Waals surface area contributed by atoms with Gasteiger partial charge >= 0.3 is 0 Å². The number of hydrogen-bond acceptors (Lipinski definition) is 5. The minimum absolute atomic E-state index is 0.455. The molecule has 0 N–H and O–H groups in total. The van der Waals surface area contributed by atoms with Gasteiger partial charge in [0.25, 0.3) is 0 Å². The molecule has 1 aromatic carbocycles. The lowest BCUT2D eigenvalue weighted by Crippen LogP contribution is -2.52. The van der Waals surface area contributed by atoms with Gasteiger partial charge in [0.05, 0.1) is 5.39 Å². The highest BCUT2D eigenvalue weighted by atomic mass is 32.1. The lowest BCUT2D eigenvalue weighted by molar-refractivity contribution is 0.548. The number of benzene rings is 1. The minimum Gasteiger partial charge on any atom is -0.365 e. The fourth-order valence-electron chi connectivity index (χ4n) is 4.74. The number of hydrogen-bond donors (Lipinski definition) is 0. The minimum atomic E-state index is 0.455. The predicted molar refractivity (Wildman–Crippen MR) is 119 cm³/mol. The topological polar surface area (TPSA) is 32.3 Å². The average molecular weight is 393 g/mol. The van der Waals surface area contributed by atoms with E-state index in [0.717, 1.165) is 25.5 Å². The summed E-state index contributed by atoms with van der Waals surface area (Å²) in [6.45, 7) is 9.56. The van der Waals surface area contributed by atoms with E-state index in [1.165, 1.54) is 58.5 Å². The molecule has 0 amide bonds. The number of aromatic nitrogens is 2. The molecule has 1 aliphatic carbocycles. The third kappa shape index (κ3) is 3.06. The summed E-state index contributed by atoms with van der Waals surface area (Å²) in [5.41, 5.74) is 4.18. The number of rotatable bonds is 2. The molecule has 1 fully saturated rings. The summed E-state index contributed by atoms with van der Waals surface area (Å²) in [5.74, 6) is 2.08. The molecule has 1 saturated heterocycles. The first-order valence-corrected chi connectivity index (χ1v) is 11.3. The molecule has 1 atom stereocenters. The molecule has 0 bridgehead atoms. The molecule has 3 aromatic rings. The van der Waals surface area contributed by atoms with Gasteiger partial charge in [-0.25, -0.2) is 9.97 Å². The highest BCUT2D eigenvalue weighted by Gasteiger charge is 2.28. The summed E-state index contributed by atoms with van der Waals surface area (Å²) in [7, 11) is 0. The Morgan fingerprint density at radius 1 is 1.00 bits per heavy atom. The normalized spacial score (nSPS) is 19.9. The van der Waals surface area contributed by atoms with Crippen molar-refractivity contribution in [3.8, 4) is 0 Å². The third-order valence-corrected chi connectivity index (χ3v) is 7.39. The van der Waals surface area contributed by atoms with Crippen LogP contribution in [0.4, 0.5) is 11.5 Å². The van der Waals surface area contributed by atoms with E-state index in [2.05, 4.69) is 47.9 Å². The van der Waals surface area contributed by atoms with Crippen molar-refractivity contribution < 1.29 is 0 Å². The van der Waals surface area contributed by atoms with Crippen LogP contribution in [-0.4, -0.2) is 35.6 Å². The average Bonchev–Trinajstić information content (AvgIpc) is 3.06. The summed E-state index contributed by atoms with van der Waals surface area (Å²) in [5, 5.41) is 1.35. The van der Waals surface area contributed by atoms with Gasteiger partial charge in [-0.1, -0.05) is 17.7 Å². The van der Waals surface area contributed by atoms with E-state index in [4.69, 9.17) is 9.97 Å². The molecule has 4 nitrogen and oxygen atoms in total. The van der Waals surface area contributed by atoms with Crippen LogP contribution in [0.1, 0.15) is 41.6 Å². The van der Waals surface area contributed by atoms with Crippen LogP contribution in [0, 0.1) is 13.8 Å². The van der Waals surface area contributed by atoms with Crippen LogP contribution >= 0.6 is 11.3 Å². The molecule has 5 rings (SSSR count). The number of piperazine rings is 1. The Morgan fingerprint density at radius 3 is 2.57 bits per heavy atom. The van der Waals surface area contributed by atoms with Crippen molar-refractivity contribution >= 4 is 33.1 Å². The Hall–Kier alpha value is -2.14. The summed E-state index contributed by atoms with van der Waals surface area (Å²) in [4.78, 5) is 17.5. The first-order chi connectivity index (χ1) is 13.6. The zero-order chi connectivity index (χ0) is 19.3. The fraction of sp³-hybridized carbons (Fsp3) is 0.478. The number of anilines is 2. The number of thiophene rings is 1. The van der Waals surface area contributed by atoms with Crippen LogP contribution in [0.15, 0.2) is 24.3 Å². The summed E-state index contributed by atoms with van der Waals surface area (Å²) in [6.07, 6.45) is 5.01. The van der Waals surface area contributed by atoms with Crippen LogP contribution in [-0.2, 0) is 12.8 Å². The van der Waals surface area contributed by atoms with Gasteiger partial charge in [-0.15, -0.1) is 11.3 Å². The zero-order valence-electron chi connectivity index (χ0n) is 17.0. The lowest BCUT2D eigenvalue weighted by atomic mass is 9.96. The molecule has 0 unspecified atom stereocenters. The van der Waals surface area contributed by atoms with Crippen molar-refractivity contribution in [2.75, 3.05) is 29.4 Å². The molecule has 0 radical (unpaired) electrons. The Balaban J connectivity index is 1.48. The van der Waals surface area contributed by atoms with Gasteiger partial charge in [0.15, 0.2) is 0 Å². The fourth-order valence-corrected chi connectivity index (χ4v) is 6.04. The molecule has 0 saturated carbocycles. The maximum atomic E-state index is 4.95. The maximum Gasteiger partial charge on any atom is 0.141 e. The Morgan fingerprint density at radius 2 is 1.79 bits per heavy atom. The van der Waals surface area contributed by atoms with Crippen LogP contribution in [0.5, 0.6) is 0 Å². The summed E-state index contributed by atoms with van der Waals surface area (Å²) < 4.78 is 0. The largest absolute Gasteiger partial charge is 0.365 e. The van der Waals surface area contributed by atoms with E-state index in [1.807, 2.05) is 18.3 Å². The molecule has 1 aliphatic heterocycles. The van der Waals surface area contributed by atoms with Crippen molar-refractivity contribution in [2.24, 2.45) is 0 Å². The molecule has 28 heavy (non-hydrogen) atoms. The van der Waals surface area contributed by atoms with E-state index in [1.54, 1.807) is 4.88 Å². The van der Waals surface area contributed by atoms with Gasteiger partial charge in [0.1, 0.15) is 16.5 Å². The first kappa shape index (κ1) is 17.9. The van der Waals surface area contributed by atoms with Gasteiger partial charge in [0.2, 0.25) is 0 Å². The van der Waals surface area contributed by atoms with Crippen LogP contribution < -0.4 is 9.80 Å². The van der Waals surface area contributed by atoms with Crippen molar-refractivity contribution in [1.29, 1.82) is 0 Å². The summed E-state index contributed by atoms with van der Waals surface area (Å²) >= 11 is 1.90. The third-order valence-electron chi connectivity index (χ3n) is 6.20. The molecular weight excluding hydrogens is 364 g/mol. The second-order valence-electron chi connectivity index (χ2n) is 8.31. The number of nitrogens with zero attached hydrogens (tertiary/aromatic N) is 4. The molecule has 5 heteroatoms. The summed E-state index contributed by atoms with van der Waals surface area (Å²) in [6, 6.07) is 9.39. The second kappa shape index (κ2) is 7.03. The van der Waals surface area contributed by atoms with Gasteiger partial charge in [-0.3, -0.25) is 0 Å². The lowest BCUT2D eigenvalue weighted by Gasteiger charge is -2.42. The Kier molecular flexibility index (Phi) is 4.50. The van der Waals surface area contributed by atoms with E-state index < -0.39 is 0 Å². The van der Waals surface area contributed by atoms with Crippen LogP contribution in [0.3, 0.4) is 0 Å². The van der Waals surface area contributed by atoms with Gasteiger partial charge in [-0.05, 0) is 64.2 Å². The number of fused-ring (bicyclic) bond motifs is 3. The van der Waals surface area contributed by atoms with Gasteiger partial charge in [0, 0.05) is 36.2 Å². The van der Waals surface area contributed by atoms with E-state index in [0.29, 0.717) is 6.04 Å². The SMILES string of the molecule is Cc1ccc(N2CCN(c3nc(C)nc4sc5c(c34)CCCC5)C[C@@H]2C)cc1. The van der Waals surface area contributed by atoms with Gasteiger partial charge in [-0.2, -0.15) is 0 Å². The molecule has 3 heterocycles. The Bertz CT molecular complexity index is 1010. The molecule has 146 valence electrons. The smallest absolute Gasteiger partial charge is 0.141 e. The predicted octanol–water partition coefficient (Wildman–Crippen LogP) is 4.90. The maximum absolute atomic E-state index is 4.95. The van der Waals surface area contributed by atoms with Crippen LogP contribution in [0.25, 0.3) is 10.2 Å². The van der Waals surface area contributed by atoms with Crippen molar-refractivity contribution in [3.63, 3.8) is 0 Å². The molecular formula is C23H28N4S. The van der Waals surface area contributed by atoms with Crippen molar-refractivity contribution in [3.05, 3.63) is 46.1 Å². The first-order valence-electron chi connectivity index (χ1n) is 10.5. The van der Waals surface area contributed by atoms with E-state index in [9.17, 15) is 0 Å². The monoisotopic (exact) mass is 392 g/mol. The Labute approximate surface area is 171 Å². The molecule has 2 aliphatic rings. The standard InChI is InChI=1S/C23H28N4S/c1-15-8-10-18(11-9-15)27-13-12-26(14-16(27)2)22-21-19-6-4-5-7-20(19)28-23(21)25-17(3)24-22/h8-11,16H,4-7,12-14H2,1-3H3/t16-/m0/s1. The number of aryl methyl sites for hydroxylation is 4.